The minimum atomic E-state index is -0.765. The van der Waals surface area contributed by atoms with E-state index in [4.69, 9.17) is 14.2 Å². The van der Waals surface area contributed by atoms with Gasteiger partial charge in [0.2, 0.25) is 0 Å². The molecule has 7 heteroatoms. The molecule has 2 rings (SSSR count). The number of esters is 1. The van der Waals surface area contributed by atoms with Gasteiger partial charge >= 0.3 is 5.97 Å². The number of nitrogens with zero attached hydrogens (tertiary/aromatic N) is 1. The lowest BCUT2D eigenvalue weighted by Gasteiger charge is -2.23. The molecule has 1 heterocycles. The lowest BCUT2D eigenvalue weighted by atomic mass is 10.1. The molecule has 1 aliphatic heterocycles. The standard InChI is InChI=1S/C16H21NO6/c1-11-14(17(19)20)7-5-8-15(11)23-16(18)12(2)22-10-13-6-3-4-9-21-13/h5,7-8,12-13H,3-4,6,9-10H2,1-2H3. The van der Waals surface area contributed by atoms with Gasteiger partial charge in [-0.05, 0) is 39.2 Å². The first-order valence-corrected chi connectivity index (χ1v) is 7.68. The van der Waals surface area contributed by atoms with Crippen LogP contribution in [0, 0.1) is 17.0 Å². The molecule has 0 spiro atoms. The van der Waals surface area contributed by atoms with E-state index >= 15 is 0 Å². The maximum absolute atomic E-state index is 12.1. The maximum Gasteiger partial charge on any atom is 0.340 e. The van der Waals surface area contributed by atoms with Gasteiger partial charge in [-0.15, -0.1) is 0 Å². The van der Waals surface area contributed by atoms with E-state index in [0.717, 1.165) is 25.9 Å². The molecule has 1 aromatic carbocycles. The third kappa shape index (κ3) is 4.74. The molecule has 0 bridgehead atoms. The second-order valence-electron chi connectivity index (χ2n) is 5.54. The molecule has 0 amide bonds. The highest BCUT2D eigenvalue weighted by molar-refractivity contribution is 5.77. The van der Waals surface area contributed by atoms with Crippen LogP contribution in [0.3, 0.4) is 0 Å². The molecular weight excluding hydrogens is 302 g/mol. The summed E-state index contributed by atoms with van der Waals surface area (Å²) in [6.45, 7) is 4.20. The average molecular weight is 323 g/mol. The van der Waals surface area contributed by atoms with Crippen LogP contribution in [0.15, 0.2) is 18.2 Å². The Kier molecular flexibility index (Phi) is 6.06. The highest BCUT2D eigenvalue weighted by atomic mass is 16.6. The van der Waals surface area contributed by atoms with Crippen molar-refractivity contribution in [2.75, 3.05) is 13.2 Å². The summed E-state index contributed by atoms with van der Waals surface area (Å²) >= 11 is 0. The number of rotatable bonds is 6. The minimum Gasteiger partial charge on any atom is -0.424 e. The second kappa shape index (κ2) is 8.03. The first kappa shape index (κ1) is 17.4. The molecule has 126 valence electrons. The predicted octanol–water partition coefficient (Wildman–Crippen LogP) is 2.78. The fraction of sp³-hybridized carbons (Fsp3) is 0.562. The minimum absolute atomic E-state index is 0.0125. The van der Waals surface area contributed by atoms with Crippen LogP contribution >= 0.6 is 0 Å². The van der Waals surface area contributed by atoms with Gasteiger partial charge in [0.25, 0.3) is 5.69 Å². The largest absolute Gasteiger partial charge is 0.424 e. The fourth-order valence-electron chi connectivity index (χ4n) is 2.36. The van der Waals surface area contributed by atoms with E-state index in [9.17, 15) is 14.9 Å². The Labute approximate surface area is 134 Å². The van der Waals surface area contributed by atoms with Crippen LogP contribution in [0.25, 0.3) is 0 Å². The predicted molar refractivity (Wildman–Crippen MR) is 82.5 cm³/mol. The smallest absolute Gasteiger partial charge is 0.340 e. The van der Waals surface area contributed by atoms with Crippen LogP contribution in [-0.2, 0) is 14.3 Å². The summed E-state index contributed by atoms with van der Waals surface area (Å²) in [6, 6.07) is 4.37. The molecule has 0 saturated carbocycles. The Balaban J connectivity index is 1.90. The van der Waals surface area contributed by atoms with Crippen molar-refractivity contribution in [1.82, 2.24) is 0 Å². The summed E-state index contributed by atoms with van der Waals surface area (Å²) in [4.78, 5) is 22.5. The summed E-state index contributed by atoms with van der Waals surface area (Å²) in [5.74, 6) is -0.405. The van der Waals surface area contributed by atoms with E-state index in [0.29, 0.717) is 12.2 Å². The zero-order valence-corrected chi connectivity index (χ0v) is 13.3. The maximum atomic E-state index is 12.1. The highest BCUT2D eigenvalue weighted by Crippen LogP contribution is 2.27. The number of nitro groups is 1. The fourth-order valence-corrected chi connectivity index (χ4v) is 2.36. The van der Waals surface area contributed by atoms with Crippen LogP contribution in [0.5, 0.6) is 5.75 Å². The van der Waals surface area contributed by atoms with Crippen molar-refractivity contribution in [3.8, 4) is 5.75 Å². The Morgan fingerprint density at radius 2 is 2.26 bits per heavy atom. The highest BCUT2D eigenvalue weighted by Gasteiger charge is 2.22. The topological polar surface area (TPSA) is 87.9 Å². The number of carbonyl (C=O) groups is 1. The lowest BCUT2D eigenvalue weighted by molar-refractivity contribution is -0.385. The molecular formula is C16H21NO6. The van der Waals surface area contributed by atoms with Gasteiger partial charge in [-0.1, -0.05) is 6.07 Å². The van der Waals surface area contributed by atoms with E-state index in [1.165, 1.54) is 18.2 Å². The molecule has 0 N–H and O–H groups in total. The van der Waals surface area contributed by atoms with E-state index < -0.39 is 17.0 Å². The van der Waals surface area contributed by atoms with Gasteiger partial charge in [-0.25, -0.2) is 4.79 Å². The number of hydrogen-bond donors (Lipinski definition) is 0. The van der Waals surface area contributed by atoms with Gasteiger partial charge in [0, 0.05) is 12.7 Å². The summed E-state index contributed by atoms with van der Waals surface area (Å²) < 4.78 is 16.3. The lowest BCUT2D eigenvalue weighted by Crippen LogP contribution is -2.31. The molecule has 23 heavy (non-hydrogen) atoms. The van der Waals surface area contributed by atoms with Gasteiger partial charge in [0.15, 0.2) is 6.10 Å². The summed E-state index contributed by atoms with van der Waals surface area (Å²) in [6.07, 6.45) is 2.32. The molecule has 2 atom stereocenters. The second-order valence-corrected chi connectivity index (χ2v) is 5.54. The molecule has 1 saturated heterocycles. The van der Waals surface area contributed by atoms with Crippen LogP contribution < -0.4 is 4.74 Å². The van der Waals surface area contributed by atoms with Crippen LogP contribution in [-0.4, -0.2) is 36.3 Å². The molecule has 7 nitrogen and oxygen atoms in total. The molecule has 1 aliphatic rings. The quantitative estimate of drug-likeness (QED) is 0.346. The molecule has 0 radical (unpaired) electrons. The molecule has 1 fully saturated rings. The number of carbonyl (C=O) groups excluding carboxylic acids is 1. The number of hydrogen-bond acceptors (Lipinski definition) is 6. The van der Waals surface area contributed by atoms with Crippen LogP contribution in [0.1, 0.15) is 31.7 Å². The van der Waals surface area contributed by atoms with Crippen LogP contribution in [0.2, 0.25) is 0 Å². The van der Waals surface area contributed by atoms with Gasteiger partial charge in [-0.3, -0.25) is 10.1 Å². The Bertz CT molecular complexity index is 568. The van der Waals surface area contributed by atoms with Crippen molar-refractivity contribution < 1.29 is 23.9 Å². The first-order chi connectivity index (χ1) is 11.0. The van der Waals surface area contributed by atoms with Crippen molar-refractivity contribution in [1.29, 1.82) is 0 Å². The van der Waals surface area contributed by atoms with E-state index in [2.05, 4.69) is 0 Å². The molecule has 0 aromatic heterocycles. The summed E-state index contributed by atoms with van der Waals surface area (Å²) in [7, 11) is 0. The third-order valence-corrected chi connectivity index (χ3v) is 3.80. The van der Waals surface area contributed by atoms with Crippen molar-refractivity contribution >= 4 is 11.7 Å². The Morgan fingerprint density at radius 1 is 1.48 bits per heavy atom. The van der Waals surface area contributed by atoms with Crippen molar-refractivity contribution in [2.24, 2.45) is 0 Å². The SMILES string of the molecule is Cc1c(OC(=O)C(C)OCC2CCCCO2)cccc1[N+](=O)[O-]. The van der Waals surface area contributed by atoms with Gasteiger partial charge in [0.1, 0.15) is 5.75 Å². The van der Waals surface area contributed by atoms with Crippen molar-refractivity contribution in [3.05, 3.63) is 33.9 Å². The summed E-state index contributed by atoms with van der Waals surface area (Å²) in [5, 5.41) is 10.9. The Morgan fingerprint density at radius 3 is 2.91 bits per heavy atom. The Hall–Kier alpha value is -1.99. The molecule has 2 unspecified atom stereocenters. The average Bonchev–Trinajstić information content (AvgIpc) is 2.55. The van der Waals surface area contributed by atoms with E-state index in [-0.39, 0.29) is 17.5 Å². The normalized spacial score (nSPS) is 19.1. The number of benzene rings is 1. The van der Waals surface area contributed by atoms with Gasteiger partial charge in [0.05, 0.1) is 23.2 Å². The third-order valence-electron chi connectivity index (χ3n) is 3.80. The van der Waals surface area contributed by atoms with E-state index in [1.54, 1.807) is 13.8 Å². The van der Waals surface area contributed by atoms with Crippen molar-refractivity contribution in [2.45, 2.75) is 45.3 Å². The number of nitro benzene ring substituents is 1. The summed E-state index contributed by atoms with van der Waals surface area (Å²) in [5.41, 5.74) is 0.230. The number of ether oxygens (including phenoxy) is 3. The molecule has 0 aliphatic carbocycles. The zero-order chi connectivity index (χ0) is 16.8. The van der Waals surface area contributed by atoms with Gasteiger partial charge < -0.3 is 14.2 Å². The van der Waals surface area contributed by atoms with E-state index in [1.807, 2.05) is 0 Å². The van der Waals surface area contributed by atoms with Gasteiger partial charge in [-0.2, -0.15) is 0 Å². The monoisotopic (exact) mass is 323 g/mol. The first-order valence-electron chi connectivity index (χ1n) is 7.68. The van der Waals surface area contributed by atoms with Crippen molar-refractivity contribution in [3.63, 3.8) is 0 Å². The van der Waals surface area contributed by atoms with Crippen LogP contribution in [0.4, 0.5) is 5.69 Å². The molecule has 1 aromatic rings. The zero-order valence-electron chi connectivity index (χ0n) is 13.3.